The standard InChI is InChI=1S/C12H12N2OS/c16-12-14-13-11(15-12)10-6-5-8-3-1-2-4-9(8)7-10/h1-4,10H,5-7H2,(H,14,16). The van der Waals surface area contributed by atoms with Gasteiger partial charge in [0.15, 0.2) is 0 Å². The summed E-state index contributed by atoms with van der Waals surface area (Å²) in [5, 5.41) is 6.80. The van der Waals surface area contributed by atoms with Gasteiger partial charge in [0.1, 0.15) is 0 Å². The molecule has 1 N–H and O–H groups in total. The monoisotopic (exact) mass is 232 g/mol. The van der Waals surface area contributed by atoms with E-state index in [1.54, 1.807) is 0 Å². The largest absolute Gasteiger partial charge is 0.414 e. The lowest BCUT2D eigenvalue weighted by atomic mass is 9.84. The van der Waals surface area contributed by atoms with Gasteiger partial charge in [0.05, 0.1) is 0 Å². The second kappa shape index (κ2) is 3.87. The van der Waals surface area contributed by atoms with E-state index in [1.807, 2.05) is 0 Å². The molecule has 1 unspecified atom stereocenters. The van der Waals surface area contributed by atoms with E-state index in [-0.39, 0.29) is 0 Å². The van der Waals surface area contributed by atoms with Crippen LogP contribution in [0.15, 0.2) is 28.7 Å². The van der Waals surface area contributed by atoms with Gasteiger partial charge in [-0.15, -0.1) is 5.10 Å². The van der Waals surface area contributed by atoms with Crippen molar-refractivity contribution < 1.29 is 4.42 Å². The van der Waals surface area contributed by atoms with Crippen molar-refractivity contribution in [1.29, 1.82) is 0 Å². The van der Waals surface area contributed by atoms with Gasteiger partial charge in [0, 0.05) is 5.92 Å². The summed E-state index contributed by atoms with van der Waals surface area (Å²) in [5.41, 5.74) is 2.86. The first kappa shape index (κ1) is 9.78. The first-order valence-corrected chi connectivity index (χ1v) is 5.86. The van der Waals surface area contributed by atoms with Crippen LogP contribution < -0.4 is 0 Å². The first-order chi connectivity index (χ1) is 7.83. The molecule has 0 radical (unpaired) electrons. The Morgan fingerprint density at radius 2 is 2.12 bits per heavy atom. The summed E-state index contributed by atoms with van der Waals surface area (Å²) in [4.78, 5) is 0.369. The average Bonchev–Trinajstić information content (AvgIpc) is 2.75. The lowest BCUT2D eigenvalue weighted by Gasteiger charge is -2.21. The van der Waals surface area contributed by atoms with Crippen LogP contribution in [0.3, 0.4) is 0 Å². The summed E-state index contributed by atoms with van der Waals surface area (Å²) in [6.07, 6.45) is 3.18. The van der Waals surface area contributed by atoms with E-state index in [2.05, 4.69) is 34.5 Å². The molecule has 0 bridgehead atoms. The molecule has 0 saturated carbocycles. The smallest absolute Gasteiger partial charge is 0.284 e. The van der Waals surface area contributed by atoms with E-state index in [9.17, 15) is 0 Å². The highest BCUT2D eigenvalue weighted by molar-refractivity contribution is 7.71. The number of hydrogen-bond donors (Lipinski definition) is 1. The molecule has 0 saturated heterocycles. The Balaban J connectivity index is 1.90. The van der Waals surface area contributed by atoms with E-state index < -0.39 is 0 Å². The zero-order valence-corrected chi connectivity index (χ0v) is 9.59. The van der Waals surface area contributed by atoms with Crippen molar-refractivity contribution in [1.82, 2.24) is 10.2 Å². The van der Waals surface area contributed by atoms with Crippen LogP contribution in [0.4, 0.5) is 0 Å². The van der Waals surface area contributed by atoms with E-state index >= 15 is 0 Å². The summed E-state index contributed by atoms with van der Waals surface area (Å²) in [7, 11) is 0. The molecule has 1 heterocycles. The van der Waals surface area contributed by atoms with E-state index in [4.69, 9.17) is 16.6 Å². The second-order valence-electron chi connectivity index (χ2n) is 4.16. The summed E-state index contributed by atoms with van der Waals surface area (Å²) in [6, 6.07) is 8.56. The number of fused-ring (bicyclic) bond motifs is 1. The van der Waals surface area contributed by atoms with Crippen LogP contribution in [0.2, 0.25) is 0 Å². The summed E-state index contributed by atoms with van der Waals surface area (Å²) in [5.74, 6) is 1.11. The maximum absolute atomic E-state index is 5.39. The van der Waals surface area contributed by atoms with E-state index in [0.717, 1.165) is 25.2 Å². The molecule has 0 aliphatic heterocycles. The van der Waals surface area contributed by atoms with Crippen molar-refractivity contribution in [3.8, 4) is 0 Å². The van der Waals surface area contributed by atoms with Gasteiger partial charge in [-0.05, 0) is 42.6 Å². The first-order valence-electron chi connectivity index (χ1n) is 5.45. The molecule has 82 valence electrons. The highest BCUT2D eigenvalue weighted by Crippen LogP contribution is 2.31. The minimum Gasteiger partial charge on any atom is -0.414 e. The van der Waals surface area contributed by atoms with Crippen molar-refractivity contribution in [3.05, 3.63) is 46.1 Å². The minimum absolute atomic E-state index is 0.364. The van der Waals surface area contributed by atoms with Gasteiger partial charge >= 0.3 is 0 Å². The molecule has 4 heteroatoms. The van der Waals surface area contributed by atoms with Crippen LogP contribution in [0.25, 0.3) is 0 Å². The highest BCUT2D eigenvalue weighted by Gasteiger charge is 2.23. The Labute approximate surface area is 98.5 Å². The fourth-order valence-electron chi connectivity index (χ4n) is 2.32. The van der Waals surface area contributed by atoms with E-state index in [0.29, 0.717) is 10.8 Å². The molecule has 0 amide bonds. The number of H-pyrrole nitrogens is 1. The second-order valence-corrected chi connectivity index (χ2v) is 4.53. The predicted molar refractivity (Wildman–Crippen MR) is 62.9 cm³/mol. The lowest BCUT2D eigenvalue weighted by molar-refractivity contribution is 0.411. The number of hydrogen-bond acceptors (Lipinski definition) is 3. The molecule has 0 spiro atoms. The van der Waals surface area contributed by atoms with Crippen molar-refractivity contribution >= 4 is 12.2 Å². The number of aryl methyl sites for hydroxylation is 1. The van der Waals surface area contributed by atoms with Gasteiger partial charge in [0.2, 0.25) is 5.89 Å². The number of benzene rings is 1. The maximum atomic E-state index is 5.39. The third-order valence-electron chi connectivity index (χ3n) is 3.15. The molecule has 1 aliphatic rings. The van der Waals surface area contributed by atoms with Gasteiger partial charge in [0.25, 0.3) is 4.84 Å². The van der Waals surface area contributed by atoms with Crippen LogP contribution >= 0.6 is 12.2 Å². The molecule has 1 aromatic heterocycles. The third kappa shape index (κ3) is 1.69. The van der Waals surface area contributed by atoms with Gasteiger partial charge in [-0.25, -0.2) is 5.10 Å². The lowest BCUT2D eigenvalue weighted by Crippen LogP contribution is -2.12. The van der Waals surface area contributed by atoms with Crippen LogP contribution in [0.1, 0.15) is 29.4 Å². The van der Waals surface area contributed by atoms with Gasteiger partial charge in [-0.3, -0.25) is 0 Å². The molecular weight excluding hydrogens is 220 g/mol. The SMILES string of the molecule is S=c1[nH]nc(C2CCc3ccccc3C2)o1. The fraction of sp³-hybridized carbons (Fsp3) is 0.333. The quantitative estimate of drug-likeness (QED) is 0.768. The van der Waals surface area contributed by atoms with Crippen LogP contribution in [-0.2, 0) is 12.8 Å². The molecule has 16 heavy (non-hydrogen) atoms. The number of rotatable bonds is 1. The Morgan fingerprint density at radius 1 is 1.31 bits per heavy atom. The van der Waals surface area contributed by atoms with Gasteiger partial charge < -0.3 is 4.42 Å². The molecule has 3 nitrogen and oxygen atoms in total. The van der Waals surface area contributed by atoms with Crippen molar-refractivity contribution in [3.63, 3.8) is 0 Å². The fourth-order valence-corrected chi connectivity index (χ4v) is 2.46. The average molecular weight is 232 g/mol. The normalized spacial score (nSPS) is 19.4. The molecular formula is C12H12N2OS. The molecule has 0 fully saturated rings. The zero-order chi connectivity index (χ0) is 11.0. The van der Waals surface area contributed by atoms with Crippen molar-refractivity contribution in [2.75, 3.05) is 0 Å². The van der Waals surface area contributed by atoms with E-state index in [1.165, 1.54) is 11.1 Å². The Bertz CT molecular complexity index is 558. The highest BCUT2D eigenvalue weighted by atomic mass is 32.1. The van der Waals surface area contributed by atoms with Crippen LogP contribution in [0, 0.1) is 4.84 Å². The molecule has 2 aromatic rings. The molecule has 1 aromatic carbocycles. The Morgan fingerprint density at radius 3 is 2.88 bits per heavy atom. The predicted octanol–water partition coefficient (Wildman–Crippen LogP) is 3.00. The number of aromatic amines is 1. The zero-order valence-electron chi connectivity index (χ0n) is 8.77. The van der Waals surface area contributed by atoms with Gasteiger partial charge in [-0.1, -0.05) is 24.3 Å². The Hall–Kier alpha value is -1.42. The minimum atomic E-state index is 0.364. The third-order valence-corrected chi connectivity index (χ3v) is 3.33. The van der Waals surface area contributed by atoms with Crippen molar-refractivity contribution in [2.45, 2.75) is 25.2 Å². The van der Waals surface area contributed by atoms with Gasteiger partial charge in [-0.2, -0.15) is 0 Å². The summed E-state index contributed by atoms with van der Waals surface area (Å²) >= 11 is 4.90. The maximum Gasteiger partial charge on any atom is 0.284 e. The van der Waals surface area contributed by atoms with Crippen LogP contribution in [-0.4, -0.2) is 10.2 Å². The molecule has 3 rings (SSSR count). The van der Waals surface area contributed by atoms with Crippen LogP contribution in [0.5, 0.6) is 0 Å². The molecule has 1 atom stereocenters. The number of nitrogens with one attached hydrogen (secondary N) is 1. The number of aromatic nitrogens is 2. The summed E-state index contributed by atoms with van der Waals surface area (Å²) in [6.45, 7) is 0. The topological polar surface area (TPSA) is 41.8 Å². The summed E-state index contributed by atoms with van der Waals surface area (Å²) < 4.78 is 5.39. The number of nitrogens with zero attached hydrogens (tertiary/aromatic N) is 1. The molecule has 1 aliphatic carbocycles. The Kier molecular flexibility index (Phi) is 2.36. The van der Waals surface area contributed by atoms with Crippen molar-refractivity contribution in [2.24, 2.45) is 0 Å².